The average molecular weight is 220 g/mol. The first-order valence-corrected chi connectivity index (χ1v) is 5.96. The Kier molecular flexibility index (Phi) is 5.62. The molecule has 0 radical (unpaired) electrons. The summed E-state index contributed by atoms with van der Waals surface area (Å²) in [6, 6.07) is 5.54. The van der Waals surface area contributed by atoms with Crippen LogP contribution in [0.3, 0.4) is 0 Å². The first-order valence-electron chi connectivity index (χ1n) is 5.96. The number of rotatable bonds is 7. The number of ether oxygens (including phenoxy) is 1. The number of aldehydes is 1. The Bertz CT molecular complexity index is 332. The van der Waals surface area contributed by atoms with E-state index in [1.807, 2.05) is 25.1 Å². The minimum Gasteiger partial charge on any atom is -0.493 e. The van der Waals surface area contributed by atoms with Gasteiger partial charge in [-0.15, -0.1) is 0 Å². The van der Waals surface area contributed by atoms with Crippen LogP contribution in [0, 0.1) is 6.92 Å². The molecule has 0 aliphatic carbocycles. The van der Waals surface area contributed by atoms with E-state index < -0.39 is 0 Å². The van der Waals surface area contributed by atoms with Crippen LogP contribution in [0.5, 0.6) is 5.75 Å². The highest BCUT2D eigenvalue weighted by Gasteiger charge is 2.00. The minimum atomic E-state index is 0.675. The van der Waals surface area contributed by atoms with E-state index in [0.717, 1.165) is 30.6 Å². The van der Waals surface area contributed by atoms with Gasteiger partial charge in [0.15, 0.2) is 0 Å². The number of hydrogen-bond acceptors (Lipinski definition) is 2. The van der Waals surface area contributed by atoms with Crippen molar-refractivity contribution in [3.05, 3.63) is 29.3 Å². The largest absolute Gasteiger partial charge is 0.493 e. The number of carbonyl (C=O) groups excluding carboxylic acids is 1. The van der Waals surface area contributed by atoms with E-state index >= 15 is 0 Å². The van der Waals surface area contributed by atoms with Crippen molar-refractivity contribution in [1.29, 1.82) is 0 Å². The highest BCUT2D eigenvalue weighted by molar-refractivity contribution is 5.75. The molecule has 16 heavy (non-hydrogen) atoms. The summed E-state index contributed by atoms with van der Waals surface area (Å²) in [5.41, 5.74) is 1.76. The van der Waals surface area contributed by atoms with Gasteiger partial charge < -0.3 is 4.74 Å². The van der Waals surface area contributed by atoms with Gasteiger partial charge in [0.1, 0.15) is 12.0 Å². The second-order valence-corrected chi connectivity index (χ2v) is 4.05. The Morgan fingerprint density at radius 1 is 1.25 bits per heavy atom. The second-order valence-electron chi connectivity index (χ2n) is 4.05. The van der Waals surface area contributed by atoms with Crippen LogP contribution in [0.4, 0.5) is 0 Å². The Labute approximate surface area is 97.6 Å². The molecule has 0 saturated heterocycles. The number of unbranched alkanes of at least 4 members (excludes halogenated alkanes) is 3. The zero-order valence-electron chi connectivity index (χ0n) is 10.2. The molecule has 2 heteroatoms. The molecule has 0 N–H and O–H groups in total. The van der Waals surface area contributed by atoms with E-state index in [0.29, 0.717) is 5.56 Å². The van der Waals surface area contributed by atoms with Gasteiger partial charge in [-0.2, -0.15) is 0 Å². The average Bonchev–Trinajstić information content (AvgIpc) is 2.31. The van der Waals surface area contributed by atoms with Crippen molar-refractivity contribution in [3.63, 3.8) is 0 Å². The molecule has 0 bridgehead atoms. The Hall–Kier alpha value is -1.31. The second kappa shape index (κ2) is 7.04. The summed E-state index contributed by atoms with van der Waals surface area (Å²) in [4.78, 5) is 10.6. The standard InChI is InChI=1S/C14H20O2/c1-3-4-5-6-9-16-14-10-13(11-15)8-7-12(14)2/h7-8,10-11H,3-6,9H2,1-2H3. The fourth-order valence-corrected chi connectivity index (χ4v) is 1.56. The number of aryl methyl sites for hydroxylation is 1. The lowest BCUT2D eigenvalue weighted by atomic mass is 10.1. The van der Waals surface area contributed by atoms with E-state index in [1.165, 1.54) is 19.3 Å². The van der Waals surface area contributed by atoms with Crippen LogP contribution in [0.2, 0.25) is 0 Å². The van der Waals surface area contributed by atoms with Crippen LogP contribution in [0.25, 0.3) is 0 Å². The normalized spacial score (nSPS) is 10.1. The molecule has 0 unspecified atom stereocenters. The van der Waals surface area contributed by atoms with Crippen LogP contribution in [0.15, 0.2) is 18.2 Å². The molecule has 0 aromatic heterocycles. The molecule has 1 rings (SSSR count). The smallest absolute Gasteiger partial charge is 0.150 e. The summed E-state index contributed by atoms with van der Waals surface area (Å²) in [5, 5.41) is 0. The molecule has 0 heterocycles. The molecule has 0 aliphatic rings. The van der Waals surface area contributed by atoms with Gasteiger partial charge in [-0.05, 0) is 25.0 Å². The summed E-state index contributed by atoms with van der Waals surface area (Å²) in [6.45, 7) is 4.93. The lowest BCUT2D eigenvalue weighted by Gasteiger charge is -2.09. The maximum Gasteiger partial charge on any atom is 0.150 e. The molecule has 0 saturated carbocycles. The van der Waals surface area contributed by atoms with Gasteiger partial charge >= 0.3 is 0 Å². The third kappa shape index (κ3) is 4.05. The molecular formula is C14H20O2. The summed E-state index contributed by atoms with van der Waals surface area (Å²) in [5.74, 6) is 0.834. The van der Waals surface area contributed by atoms with Crippen LogP contribution in [0.1, 0.15) is 48.5 Å². The van der Waals surface area contributed by atoms with Crippen molar-refractivity contribution in [2.24, 2.45) is 0 Å². The summed E-state index contributed by atoms with van der Waals surface area (Å²) < 4.78 is 5.67. The molecule has 2 nitrogen and oxygen atoms in total. The first kappa shape index (κ1) is 12.8. The third-order valence-corrected chi connectivity index (χ3v) is 2.60. The maximum atomic E-state index is 10.6. The number of hydrogen-bond donors (Lipinski definition) is 0. The van der Waals surface area contributed by atoms with Crippen molar-refractivity contribution >= 4 is 6.29 Å². The monoisotopic (exact) mass is 220 g/mol. The number of carbonyl (C=O) groups is 1. The molecule has 0 amide bonds. The highest BCUT2D eigenvalue weighted by atomic mass is 16.5. The Morgan fingerprint density at radius 2 is 2.06 bits per heavy atom. The van der Waals surface area contributed by atoms with Crippen molar-refractivity contribution in [2.45, 2.75) is 39.5 Å². The summed E-state index contributed by atoms with van der Waals surface area (Å²) >= 11 is 0. The van der Waals surface area contributed by atoms with Crippen molar-refractivity contribution < 1.29 is 9.53 Å². The van der Waals surface area contributed by atoms with E-state index in [1.54, 1.807) is 0 Å². The molecule has 0 spiro atoms. The van der Waals surface area contributed by atoms with Crippen molar-refractivity contribution in [1.82, 2.24) is 0 Å². The Morgan fingerprint density at radius 3 is 2.75 bits per heavy atom. The quantitative estimate of drug-likeness (QED) is 0.516. The van der Waals surface area contributed by atoms with Crippen molar-refractivity contribution in [2.75, 3.05) is 6.61 Å². The molecular weight excluding hydrogens is 200 g/mol. The van der Waals surface area contributed by atoms with Gasteiger partial charge in [-0.3, -0.25) is 4.79 Å². The molecule has 0 atom stereocenters. The highest BCUT2D eigenvalue weighted by Crippen LogP contribution is 2.19. The predicted octanol–water partition coefficient (Wildman–Crippen LogP) is 3.77. The fraction of sp³-hybridized carbons (Fsp3) is 0.500. The van der Waals surface area contributed by atoms with E-state index in [9.17, 15) is 4.79 Å². The SMILES string of the molecule is CCCCCCOc1cc(C=O)ccc1C. The minimum absolute atomic E-state index is 0.675. The lowest BCUT2D eigenvalue weighted by molar-refractivity contribution is 0.112. The maximum absolute atomic E-state index is 10.6. The summed E-state index contributed by atoms with van der Waals surface area (Å²) in [7, 11) is 0. The van der Waals surface area contributed by atoms with Gasteiger partial charge in [0.25, 0.3) is 0 Å². The van der Waals surface area contributed by atoms with Gasteiger partial charge in [-0.1, -0.05) is 38.3 Å². The summed E-state index contributed by atoms with van der Waals surface area (Å²) in [6.07, 6.45) is 5.64. The topological polar surface area (TPSA) is 26.3 Å². The Balaban J connectivity index is 2.43. The molecule has 0 fully saturated rings. The fourth-order valence-electron chi connectivity index (χ4n) is 1.56. The zero-order valence-corrected chi connectivity index (χ0v) is 10.2. The molecule has 1 aromatic carbocycles. The van der Waals surface area contributed by atoms with E-state index in [4.69, 9.17) is 4.74 Å². The van der Waals surface area contributed by atoms with E-state index in [-0.39, 0.29) is 0 Å². The third-order valence-electron chi connectivity index (χ3n) is 2.60. The van der Waals surface area contributed by atoms with Crippen LogP contribution in [-0.2, 0) is 0 Å². The number of benzene rings is 1. The van der Waals surface area contributed by atoms with Crippen molar-refractivity contribution in [3.8, 4) is 5.75 Å². The lowest BCUT2D eigenvalue weighted by Crippen LogP contribution is -1.99. The van der Waals surface area contributed by atoms with Crippen LogP contribution < -0.4 is 4.74 Å². The van der Waals surface area contributed by atoms with Gasteiger partial charge in [0.2, 0.25) is 0 Å². The van der Waals surface area contributed by atoms with Crippen LogP contribution in [-0.4, -0.2) is 12.9 Å². The zero-order chi connectivity index (χ0) is 11.8. The van der Waals surface area contributed by atoms with E-state index in [2.05, 4.69) is 6.92 Å². The van der Waals surface area contributed by atoms with Gasteiger partial charge in [0.05, 0.1) is 6.61 Å². The van der Waals surface area contributed by atoms with Gasteiger partial charge in [-0.25, -0.2) is 0 Å². The molecule has 0 aliphatic heterocycles. The molecule has 1 aromatic rings. The van der Waals surface area contributed by atoms with Gasteiger partial charge in [0, 0.05) is 5.56 Å². The molecule has 88 valence electrons. The first-order chi connectivity index (χ1) is 7.77. The van der Waals surface area contributed by atoms with Crippen LogP contribution >= 0.6 is 0 Å². The predicted molar refractivity (Wildman–Crippen MR) is 66.2 cm³/mol.